The van der Waals surface area contributed by atoms with E-state index in [0.717, 1.165) is 25.7 Å². The third-order valence-electron chi connectivity index (χ3n) is 6.15. The Balaban J connectivity index is 5.43. The van der Waals surface area contributed by atoms with Crippen molar-refractivity contribution in [3.8, 4) is 0 Å². The molecule has 0 fully saturated rings. The Hall–Kier alpha value is -0.530. The molecule has 22 heavy (non-hydrogen) atoms. The lowest BCUT2D eigenvalue weighted by Crippen LogP contribution is -2.79. The van der Waals surface area contributed by atoms with Crippen molar-refractivity contribution in [3.05, 3.63) is 0 Å². The average molecular weight is 315 g/mol. The fourth-order valence-corrected chi connectivity index (χ4v) is 2.79. The van der Waals surface area contributed by atoms with Crippen LogP contribution in [0.3, 0.4) is 0 Å². The van der Waals surface area contributed by atoms with E-state index in [2.05, 4.69) is 57.7 Å². The summed E-state index contributed by atoms with van der Waals surface area (Å²) in [5.41, 5.74) is 17.9. The molecule has 0 saturated heterocycles. The standard InChI is InChI=1S/C16H38N6/c1-8-13(5,9-2)15(12-17,20-7)21-22-16(18,19)14(6,10-3)11-4/h12,17,20-22H,8-11,18-19H2,1-7H3. The first kappa shape index (κ1) is 21.5. The summed E-state index contributed by atoms with van der Waals surface area (Å²) in [6.45, 7) is 12.7. The number of hydrogen-bond donors (Lipinski definition) is 6. The molecular weight excluding hydrogens is 276 g/mol. The van der Waals surface area contributed by atoms with Crippen LogP contribution in [0.1, 0.15) is 67.2 Å². The Kier molecular flexibility index (Phi) is 7.65. The molecule has 6 nitrogen and oxygen atoms in total. The SMILES string of the molecule is CCC(C)(CC)C(N)(N)NNC(C=N)(NC)C(C)(CC)CC. The Morgan fingerprint density at radius 1 is 0.864 bits per heavy atom. The van der Waals surface area contributed by atoms with Gasteiger partial charge in [-0.15, -0.1) is 0 Å². The summed E-state index contributed by atoms with van der Waals surface area (Å²) in [5, 5.41) is 11.2. The maximum absolute atomic E-state index is 7.95. The monoisotopic (exact) mass is 314 g/mol. The summed E-state index contributed by atoms with van der Waals surface area (Å²) in [4.78, 5) is 0. The molecule has 0 heterocycles. The molecule has 0 saturated carbocycles. The van der Waals surface area contributed by atoms with E-state index in [1.165, 1.54) is 6.21 Å². The summed E-state index contributed by atoms with van der Waals surface area (Å²) in [6, 6.07) is 0. The van der Waals surface area contributed by atoms with Crippen LogP contribution in [0, 0.1) is 16.2 Å². The first-order valence-corrected chi connectivity index (χ1v) is 8.40. The fourth-order valence-electron chi connectivity index (χ4n) is 2.79. The number of nitrogens with two attached hydrogens (primary N) is 2. The van der Waals surface area contributed by atoms with E-state index < -0.39 is 11.4 Å². The highest BCUT2D eigenvalue weighted by Crippen LogP contribution is 2.36. The smallest absolute Gasteiger partial charge is 0.136 e. The maximum atomic E-state index is 7.95. The molecule has 0 aliphatic rings. The van der Waals surface area contributed by atoms with Gasteiger partial charge in [-0.25, -0.2) is 10.9 Å². The lowest BCUT2D eigenvalue weighted by Gasteiger charge is -2.50. The van der Waals surface area contributed by atoms with Gasteiger partial charge in [0.15, 0.2) is 0 Å². The summed E-state index contributed by atoms with van der Waals surface area (Å²) in [6.07, 6.45) is 4.95. The van der Waals surface area contributed by atoms with Crippen LogP contribution < -0.4 is 27.6 Å². The number of hydrogen-bond acceptors (Lipinski definition) is 6. The van der Waals surface area contributed by atoms with Crippen LogP contribution >= 0.6 is 0 Å². The fraction of sp³-hybridized carbons (Fsp3) is 0.938. The molecule has 1 atom stereocenters. The molecule has 0 aliphatic carbocycles. The van der Waals surface area contributed by atoms with Gasteiger partial charge in [-0.3, -0.25) is 16.8 Å². The molecule has 0 rings (SSSR count). The van der Waals surface area contributed by atoms with Crippen molar-refractivity contribution >= 4 is 6.21 Å². The van der Waals surface area contributed by atoms with Crippen molar-refractivity contribution in [3.63, 3.8) is 0 Å². The first-order chi connectivity index (χ1) is 10.1. The van der Waals surface area contributed by atoms with Crippen LogP contribution in [0.15, 0.2) is 0 Å². The van der Waals surface area contributed by atoms with Crippen LogP contribution in [0.25, 0.3) is 0 Å². The number of nitrogens with one attached hydrogen (secondary N) is 4. The first-order valence-electron chi connectivity index (χ1n) is 8.40. The van der Waals surface area contributed by atoms with E-state index >= 15 is 0 Å². The minimum Gasteiger partial charge on any atom is -0.310 e. The van der Waals surface area contributed by atoms with Gasteiger partial charge in [0.1, 0.15) is 11.4 Å². The van der Waals surface area contributed by atoms with Crippen molar-refractivity contribution in [1.29, 1.82) is 5.41 Å². The van der Waals surface area contributed by atoms with Crippen LogP contribution in [-0.2, 0) is 0 Å². The molecule has 0 aromatic carbocycles. The van der Waals surface area contributed by atoms with E-state index in [1.807, 2.05) is 7.05 Å². The van der Waals surface area contributed by atoms with Crippen LogP contribution in [0.4, 0.5) is 0 Å². The second-order valence-corrected chi connectivity index (χ2v) is 6.86. The molecule has 8 N–H and O–H groups in total. The van der Waals surface area contributed by atoms with Gasteiger partial charge in [-0.2, -0.15) is 0 Å². The molecule has 0 bridgehead atoms. The van der Waals surface area contributed by atoms with Gasteiger partial charge in [-0.1, -0.05) is 41.5 Å². The number of rotatable bonds is 11. The van der Waals surface area contributed by atoms with Crippen molar-refractivity contribution < 1.29 is 0 Å². The molecule has 0 aliphatic heterocycles. The van der Waals surface area contributed by atoms with E-state index in [4.69, 9.17) is 16.9 Å². The Labute approximate surface area is 136 Å². The molecule has 6 heteroatoms. The zero-order valence-corrected chi connectivity index (χ0v) is 15.6. The van der Waals surface area contributed by atoms with Crippen LogP contribution in [-0.4, -0.2) is 24.7 Å². The minimum atomic E-state index is -1.08. The lowest BCUT2D eigenvalue weighted by molar-refractivity contribution is 0.0352. The summed E-state index contributed by atoms with van der Waals surface area (Å²) < 4.78 is 0. The normalized spacial score (nSPS) is 16.4. The zero-order valence-electron chi connectivity index (χ0n) is 15.6. The highest BCUT2D eigenvalue weighted by Gasteiger charge is 2.46. The van der Waals surface area contributed by atoms with Gasteiger partial charge >= 0.3 is 0 Å². The highest BCUT2D eigenvalue weighted by atomic mass is 15.5. The van der Waals surface area contributed by atoms with E-state index in [0.29, 0.717) is 0 Å². The molecule has 0 spiro atoms. The molecule has 0 aromatic heterocycles. The zero-order chi connectivity index (χ0) is 17.7. The van der Waals surface area contributed by atoms with Gasteiger partial charge in [0, 0.05) is 17.0 Å². The van der Waals surface area contributed by atoms with Gasteiger partial charge in [0.25, 0.3) is 0 Å². The highest BCUT2D eigenvalue weighted by molar-refractivity contribution is 5.68. The summed E-state index contributed by atoms with van der Waals surface area (Å²) >= 11 is 0. The Morgan fingerprint density at radius 3 is 1.55 bits per heavy atom. The van der Waals surface area contributed by atoms with Crippen LogP contribution in [0.5, 0.6) is 0 Å². The minimum absolute atomic E-state index is 0.151. The third kappa shape index (κ3) is 3.68. The third-order valence-corrected chi connectivity index (χ3v) is 6.15. The predicted molar refractivity (Wildman–Crippen MR) is 95.3 cm³/mol. The Bertz CT molecular complexity index is 347. The van der Waals surface area contributed by atoms with Crippen molar-refractivity contribution in [2.45, 2.75) is 78.7 Å². The van der Waals surface area contributed by atoms with Crippen molar-refractivity contribution in [2.75, 3.05) is 7.05 Å². The second-order valence-electron chi connectivity index (χ2n) is 6.86. The molecule has 1 unspecified atom stereocenters. The van der Waals surface area contributed by atoms with Gasteiger partial charge in [0.2, 0.25) is 0 Å². The van der Waals surface area contributed by atoms with Crippen molar-refractivity contribution in [1.82, 2.24) is 16.2 Å². The van der Waals surface area contributed by atoms with Gasteiger partial charge in [0.05, 0.1) is 0 Å². The predicted octanol–water partition coefficient (Wildman–Crippen LogP) is 1.87. The molecule has 0 amide bonds. The number of hydrazine groups is 1. The molecule has 132 valence electrons. The molecule has 0 radical (unpaired) electrons. The van der Waals surface area contributed by atoms with E-state index in [-0.39, 0.29) is 10.8 Å². The second kappa shape index (κ2) is 7.84. The lowest BCUT2D eigenvalue weighted by atomic mass is 9.73. The maximum Gasteiger partial charge on any atom is 0.136 e. The quantitative estimate of drug-likeness (QED) is 0.198. The molecular formula is C16H38N6. The average Bonchev–Trinajstić information content (AvgIpc) is 2.54. The summed E-state index contributed by atoms with van der Waals surface area (Å²) in [7, 11) is 1.84. The van der Waals surface area contributed by atoms with E-state index in [9.17, 15) is 0 Å². The van der Waals surface area contributed by atoms with Crippen molar-refractivity contribution in [2.24, 2.45) is 22.3 Å². The van der Waals surface area contributed by atoms with Crippen LogP contribution in [0.2, 0.25) is 0 Å². The Morgan fingerprint density at radius 2 is 1.27 bits per heavy atom. The van der Waals surface area contributed by atoms with Gasteiger partial charge < -0.3 is 5.41 Å². The molecule has 0 aromatic rings. The topological polar surface area (TPSA) is 112 Å². The van der Waals surface area contributed by atoms with Gasteiger partial charge in [-0.05, 0) is 32.7 Å². The van der Waals surface area contributed by atoms with E-state index in [1.54, 1.807) is 0 Å². The summed E-state index contributed by atoms with van der Waals surface area (Å²) in [5.74, 6) is -1.08. The largest absolute Gasteiger partial charge is 0.310 e.